The first-order chi connectivity index (χ1) is 14.0. The van der Waals surface area contributed by atoms with Crippen LogP contribution in [-0.4, -0.2) is 36.4 Å². The molecule has 0 atom stereocenters. The molecule has 5 nitrogen and oxygen atoms in total. The fourth-order valence-electron chi connectivity index (χ4n) is 3.21. The van der Waals surface area contributed by atoms with Crippen LogP contribution in [0.3, 0.4) is 0 Å². The van der Waals surface area contributed by atoms with E-state index in [2.05, 4.69) is 21.2 Å². The molecule has 8 heteroatoms. The second-order valence-electron chi connectivity index (χ2n) is 6.79. The number of ether oxygens (including phenoxy) is 1. The maximum Gasteiger partial charge on any atom is 0.262 e. The third kappa shape index (κ3) is 5.87. The fourth-order valence-corrected chi connectivity index (χ4v) is 4.58. The molecule has 0 bridgehead atoms. The van der Waals surface area contributed by atoms with E-state index in [9.17, 15) is 9.59 Å². The van der Waals surface area contributed by atoms with Gasteiger partial charge in [-0.15, -0.1) is 0 Å². The fraction of sp³-hybridized carbons (Fsp3) is 0.333. The van der Waals surface area contributed by atoms with Crippen LogP contribution >= 0.6 is 39.1 Å². The van der Waals surface area contributed by atoms with Gasteiger partial charge in [0.15, 0.2) is 12.4 Å². The molecule has 2 amide bonds. The molecule has 2 aromatic carbocycles. The van der Waals surface area contributed by atoms with Gasteiger partial charge in [0.1, 0.15) is 0 Å². The predicted octanol–water partition coefficient (Wildman–Crippen LogP) is 5.79. The number of nitrogens with one attached hydrogen (secondary N) is 1. The largest absolute Gasteiger partial charge is 0.481 e. The molecule has 1 saturated heterocycles. The Balaban J connectivity index is 1.67. The first kappa shape index (κ1) is 21.9. The van der Waals surface area contributed by atoms with Crippen LogP contribution in [0.1, 0.15) is 36.0 Å². The van der Waals surface area contributed by atoms with Crippen LogP contribution in [0.15, 0.2) is 40.9 Å². The van der Waals surface area contributed by atoms with Gasteiger partial charge in [-0.2, -0.15) is 0 Å². The lowest BCUT2D eigenvalue weighted by Crippen LogP contribution is -2.33. The van der Waals surface area contributed by atoms with Crippen LogP contribution in [0.2, 0.25) is 10.0 Å². The molecule has 1 N–H and O–H groups in total. The summed E-state index contributed by atoms with van der Waals surface area (Å²) in [6.07, 6.45) is 4.29. The molecule has 0 aliphatic carbocycles. The first-order valence-electron chi connectivity index (χ1n) is 9.41. The maximum atomic E-state index is 13.0. The van der Waals surface area contributed by atoms with Crippen molar-refractivity contribution in [3.05, 3.63) is 56.5 Å². The topological polar surface area (TPSA) is 58.6 Å². The van der Waals surface area contributed by atoms with Crippen molar-refractivity contribution in [3.63, 3.8) is 0 Å². The lowest BCUT2D eigenvalue weighted by molar-refractivity contribution is -0.118. The Labute approximate surface area is 188 Å². The minimum absolute atomic E-state index is 0.0628. The van der Waals surface area contributed by atoms with E-state index in [0.717, 1.165) is 38.8 Å². The molecular weight excluding hydrogens is 479 g/mol. The number of carbonyl (C=O) groups is 2. The van der Waals surface area contributed by atoms with Gasteiger partial charge in [-0.05, 0) is 53.0 Å². The second kappa shape index (κ2) is 10.3. The van der Waals surface area contributed by atoms with Gasteiger partial charge in [0, 0.05) is 18.1 Å². The Hall–Kier alpha value is -1.76. The molecule has 2 aromatic rings. The molecule has 0 aromatic heterocycles. The van der Waals surface area contributed by atoms with Crippen molar-refractivity contribution >= 4 is 56.6 Å². The average molecular weight is 500 g/mol. The van der Waals surface area contributed by atoms with Crippen LogP contribution in [-0.2, 0) is 4.79 Å². The number of carbonyl (C=O) groups excluding carboxylic acids is 2. The van der Waals surface area contributed by atoms with Gasteiger partial charge >= 0.3 is 0 Å². The maximum absolute atomic E-state index is 13.0. The number of rotatable bonds is 5. The average Bonchev–Trinajstić information content (AvgIpc) is 2.96. The Morgan fingerprint density at radius 2 is 1.76 bits per heavy atom. The third-order valence-electron chi connectivity index (χ3n) is 4.64. The Morgan fingerprint density at radius 1 is 1.07 bits per heavy atom. The minimum Gasteiger partial charge on any atom is -0.481 e. The van der Waals surface area contributed by atoms with Gasteiger partial charge in [-0.3, -0.25) is 9.59 Å². The lowest BCUT2D eigenvalue weighted by atomic mass is 10.1. The summed E-state index contributed by atoms with van der Waals surface area (Å²) in [5.74, 6) is -0.119. The summed E-state index contributed by atoms with van der Waals surface area (Å²) in [6.45, 7) is 1.23. The molecule has 154 valence electrons. The summed E-state index contributed by atoms with van der Waals surface area (Å²) >= 11 is 15.4. The number of halogens is 3. The highest BCUT2D eigenvalue weighted by atomic mass is 79.9. The highest BCUT2D eigenvalue weighted by Crippen LogP contribution is 2.36. The Kier molecular flexibility index (Phi) is 7.81. The molecule has 1 aliphatic rings. The summed E-state index contributed by atoms with van der Waals surface area (Å²) < 4.78 is 6.10. The highest BCUT2D eigenvalue weighted by molar-refractivity contribution is 9.10. The number of anilines is 1. The summed E-state index contributed by atoms with van der Waals surface area (Å²) in [6, 6.07) is 10.2. The van der Waals surface area contributed by atoms with Crippen molar-refractivity contribution in [2.75, 3.05) is 25.0 Å². The van der Waals surface area contributed by atoms with Gasteiger partial charge in [0.2, 0.25) is 0 Å². The van der Waals surface area contributed by atoms with E-state index in [1.54, 1.807) is 30.3 Å². The molecule has 29 heavy (non-hydrogen) atoms. The molecule has 1 fully saturated rings. The molecule has 1 aliphatic heterocycles. The van der Waals surface area contributed by atoms with E-state index in [4.69, 9.17) is 27.9 Å². The first-order valence-corrected chi connectivity index (χ1v) is 11.0. The Morgan fingerprint density at radius 3 is 2.45 bits per heavy atom. The summed E-state index contributed by atoms with van der Waals surface area (Å²) in [4.78, 5) is 27.3. The number of likely N-dealkylation sites (tertiary alicyclic amines) is 1. The number of nitrogens with zero attached hydrogens (tertiary/aromatic N) is 1. The van der Waals surface area contributed by atoms with Crippen LogP contribution in [0.4, 0.5) is 5.69 Å². The molecule has 0 spiro atoms. The van der Waals surface area contributed by atoms with Gasteiger partial charge < -0.3 is 15.0 Å². The Bertz CT molecular complexity index is 876. The molecule has 1 heterocycles. The van der Waals surface area contributed by atoms with Crippen molar-refractivity contribution in [1.29, 1.82) is 0 Å². The molecule has 3 rings (SSSR count). The zero-order valence-electron chi connectivity index (χ0n) is 15.7. The number of amides is 2. The van der Waals surface area contributed by atoms with Gasteiger partial charge in [0.25, 0.3) is 11.8 Å². The summed E-state index contributed by atoms with van der Waals surface area (Å²) in [7, 11) is 0. The van der Waals surface area contributed by atoms with Crippen molar-refractivity contribution in [2.45, 2.75) is 25.7 Å². The normalized spacial score (nSPS) is 14.2. The molecule has 0 saturated carbocycles. The van der Waals surface area contributed by atoms with E-state index in [-0.39, 0.29) is 18.4 Å². The van der Waals surface area contributed by atoms with Crippen LogP contribution in [0.25, 0.3) is 0 Å². The quantitative estimate of drug-likeness (QED) is 0.566. The zero-order valence-corrected chi connectivity index (χ0v) is 18.8. The predicted molar refractivity (Wildman–Crippen MR) is 119 cm³/mol. The second-order valence-corrected chi connectivity index (χ2v) is 8.49. The number of benzene rings is 2. The molecule has 0 radical (unpaired) electrons. The molecule has 0 unspecified atom stereocenters. The van der Waals surface area contributed by atoms with Gasteiger partial charge in [-0.1, -0.05) is 48.2 Å². The smallest absolute Gasteiger partial charge is 0.262 e. The number of hydrogen-bond acceptors (Lipinski definition) is 3. The number of para-hydroxylation sites is 1. The van der Waals surface area contributed by atoms with Crippen molar-refractivity contribution in [2.24, 2.45) is 0 Å². The summed E-state index contributed by atoms with van der Waals surface area (Å²) in [5.41, 5.74) is 0.949. The van der Waals surface area contributed by atoms with Crippen LogP contribution in [0, 0.1) is 0 Å². The SMILES string of the molecule is O=C(COc1c(Cl)cc(Cl)cc1Br)Nc1ccccc1C(=O)N1CCCCCC1. The van der Waals surface area contributed by atoms with Crippen LogP contribution < -0.4 is 10.1 Å². The highest BCUT2D eigenvalue weighted by Gasteiger charge is 2.21. The standard InChI is InChI=1S/C21H21BrCl2N2O3/c22-16-11-14(23)12-17(24)20(16)29-13-19(27)25-18-8-4-3-7-15(18)21(28)26-9-5-1-2-6-10-26/h3-4,7-8,11-12H,1-2,5-6,9-10,13H2,(H,25,27). The summed E-state index contributed by atoms with van der Waals surface area (Å²) in [5, 5.41) is 3.53. The monoisotopic (exact) mass is 498 g/mol. The van der Waals surface area contributed by atoms with E-state index in [1.165, 1.54) is 6.07 Å². The van der Waals surface area contributed by atoms with Crippen molar-refractivity contribution < 1.29 is 14.3 Å². The van der Waals surface area contributed by atoms with Gasteiger partial charge in [-0.25, -0.2) is 0 Å². The van der Waals surface area contributed by atoms with E-state index >= 15 is 0 Å². The minimum atomic E-state index is -0.390. The number of hydrogen-bond donors (Lipinski definition) is 1. The van der Waals surface area contributed by atoms with Gasteiger partial charge in [0.05, 0.1) is 20.7 Å². The zero-order chi connectivity index (χ0) is 20.8. The van der Waals surface area contributed by atoms with Crippen molar-refractivity contribution in [1.82, 2.24) is 4.90 Å². The molecular formula is C21H21BrCl2N2O3. The third-order valence-corrected chi connectivity index (χ3v) is 5.72. The lowest BCUT2D eigenvalue weighted by Gasteiger charge is -2.22. The van der Waals surface area contributed by atoms with E-state index < -0.39 is 0 Å². The van der Waals surface area contributed by atoms with Crippen LogP contribution in [0.5, 0.6) is 5.75 Å². The van der Waals surface area contributed by atoms with Crippen molar-refractivity contribution in [3.8, 4) is 5.75 Å². The van der Waals surface area contributed by atoms with E-state index in [1.807, 2.05) is 4.90 Å². The van der Waals surface area contributed by atoms with E-state index in [0.29, 0.717) is 31.5 Å².